The van der Waals surface area contributed by atoms with Gasteiger partial charge in [-0.05, 0) is 42.2 Å². The summed E-state index contributed by atoms with van der Waals surface area (Å²) in [5, 5.41) is 11.4. The molecule has 100 valence electrons. The number of benzene rings is 1. The molecule has 0 spiro atoms. The number of rotatable bonds is 4. The fraction of sp³-hybridized carbons (Fsp3) is 0.312. The zero-order valence-corrected chi connectivity index (χ0v) is 11.5. The molecule has 0 bridgehead atoms. The molecule has 3 nitrogen and oxygen atoms in total. The lowest BCUT2D eigenvalue weighted by molar-refractivity contribution is 0.822. The maximum absolute atomic E-state index is 8.23. The molecule has 1 aliphatic rings. The van der Waals surface area contributed by atoms with E-state index < -0.39 is 0 Å². The number of nitrogens with one attached hydrogen (secondary N) is 2. The van der Waals surface area contributed by atoms with Gasteiger partial charge < -0.3 is 16.5 Å². The van der Waals surface area contributed by atoms with Crippen LogP contribution in [0.4, 0.5) is 5.69 Å². The van der Waals surface area contributed by atoms with E-state index in [2.05, 4.69) is 36.5 Å². The molecule has 0 fully saturated rings. The van der Waals surface area contributed by atoms with E-state index in [1.165, 1.54) is 11.1 Å². The third kappa shape index (κ3) is 3.32. The first-order valence-corrected chi connectivity index (χ1v) is 6.59. The first-order chi connectivity index (χ1) is 9.10. The van der Waals surface area contributed by atoms with Crippen molar-refractivity contribution < 1.29 is 0 Å². The molecular formula is C16H21N3. The molecule has 0 amide bonds. The molecule has 0 heterocycles. The highest BCUT2D eigenvalue weighted by Crippen LogP contribution is 2.19. The highest BCUT2D eigenvalue weighted by molar-refractivity contribution is 6.01. The Bertz CT molecular complexity index is 541. The third-order valence-electron chi connectivity index (χ3n) is 3.49. The molecule has 3 heteroatoms. The van der Waals surface area contributed by atoms with Crippen molar-refractivity contribution in [1.29, 1.82) is 5.41 Å². The van der Waals surface area contributed by atoms with E-state index >= 15 is 0 Å². The minimum absolute atomic E-state index is 0.103. The smallest absolute Gasteiger partial charge is 0.0426 e. The topological polar surface area (TPSA) is 61.9 Å². The van der Waals surface area contributed by atoms with Gasteiger partial charge in [-0.2, -0.15) is 0 Å². The molecule has 0 radical (unpaired) electrons. The van der Waals surface area contributed by atoms with Gasteiger partial charge >= 0.3 is 0 Å². The maximum atomic E-state index is 8.23. The monoisotopic (exact) mass is 255 g/mol. The van der Waals surface area contributed by atoms with Crippen molar-refractivity contribution in [2.24, 2.45) is 5.73 Å². The van der Waals surface area contributed by atoms with E-state index in [0.29, 0.717) is 12.1 Å². The van der Waals surface area contributed by atoms with Crippen molar-refractivity contribution in [3.8, 4) is 0 Å². The molecule has 2 rings (SSSR count). The van der Waals surface area contributed by atoms with Crippen molar-refractivity contribution in [2.75, 3.05) is 12.4 Å². The minimum atomic E-state index is 0.103. The second-order valence-electron chi connectivity index (χ2n) is 4.96. The number of nitrogens with two attached hydrogens (primary N) is 1. The number of hydrogen-bond donors (Lipinski definition) is 3. The molecule has 1 atom stereocenters. The van der Waals surface area contributed by atoms with Crippen molar-refractivity contribution in [1.82, 2.24) is 0 Å². The lowest BCUT2D eigenvalue weighted by atomic mass is 9.94. The third-order valence-corrected chi connectivity index (χ3v) is 3.49. The molecule has 0 aliphatic heterocycles. The van der Waals surface area contributed by atoms with Crippen LogP contribution in [0.1, 0.15) is 17.5 Å². The zero-order valence-electron chi connectivity index (χ0n) is 11.5. The summed E-state index contributed by atoms with van der Waals surface area (Å²) in [7, 11) is 1.91. The Balaban J connectivity index is 2.13. The van der Waals surface area contributed by atoms with Crippen LogP contribution in [0.5, 0.6) is 0 Å². The summed E-state index contributed by atoms with van der Waals surface area (Å²) in [6.07, 6.45) is 7.48. The standard InChI is InChI=1S/C16H21N3/c1-11-3-8-15(19-2)9-13(11)10-16(18)12-4-6-14(17)7-5-12/h3-6,8-9,14,18-19H,7,10,17H2,1-2H3. The van der Waals surface area contributed by atoms with Crippen LogP contribution >= 0.6 is 0 Å². The van der Waals surface area contributed by atoms with Crippen LogP contribution in [0.2, 0.25) is 0 Å². The highest BCUT2D eigenvalue weighted by Gasteiger charge is 2.10. The fourth-order valence-electron chi connectivity index (χ4n) is 2.17. The van der Waals surface area contributed by atoms with E-state index in [4.69, 9.17) is 11.1 Å². The molecule has 0 saturated heterocycles. The maximum Gasteiger partial charge on any atom is 0.0426 e. The summed E-state index contributed by atoms with van der Waals surface area (Å²) in [5.41, 5.74) is 11.0. The van der Waals surface area contributed by atoms with Crippen molar-refractivity contribution in [3.05, 3.63) is 53.1 Å². The second kappa shape index (κ2) is 5.85. The zero-order chi connectivity index (χ0) is 13.8. The predicted octanol–water partition coefficient (Wildman–Crippen LogP) is 2.81. The van der Waals surface area contributed by atoms with Crippen LogP contribution in [-0.2, 0) is 6.42 Å². The molecular weight excluding hydrogens is 234 g/mol. The molecule has 0 aromatic heterocycles. The largest absolute Gasteiger partial charge is 0.388 e. The van der Waals surface area contributed by atoms with Gasteiger partial charge in [0.2, 0.25) is 0 Å². The highest BCUT2D eigenvalue weighted by atomic mass is 14.8. The summed E-state index contributed by atoms with van der Waals surface area (Å²) in [4.78, 5) is 0. The van der Waals surface area contributed by atoms with Crippen LogP contribution in [0.15, 0.2) is 42.0 Å². The lowest BCUT2D eigenvalue weighted by Crippen LogP contribution is -2.19. The van der Waals surface area contributed by atoms with Crippen molar-refractivity contribution >= 4 is 11.4 Å². The Morgan fingerprint density at radius 2 is 2.26 bits per heavy atom. The van der Waals surface area contributed by atoms with Gasteiger partial charge in [-0.25, -0.2) is 0 Å². The van der Waals surface area contributed by atoms with Gasteiger partial charge in [-0.3, -0.25) is 0 Å². The first-order valence-electron chi connectivity index (χ1n) is 6.59. The van der Waals surface area contributed by atoms with Gasteiger partial charge in [0.25, 0.3) is 0 Å². The average molecular weight is 255 g/mol. The van der Waals surface area contributed by atoms with Gasteiger partial charge in [0.15, 0.2) is 0 Å². The molecule has 0 saturated carbocycles. The summed E-state index contributed by atoms with van der Waals surface area (Å²) >= 11 is 0. The normalized spacial score (nSPS) is 18.1. The minimum Gasteiger partial charge on any atom is -0.388 e. The number of hydrogen-bond acceptors (Lipinski definition) is 3. The Morgan fingerprint density at radius 3 is 2.89 bits per heavy atom. The molecule has 4 N–H and O–H groups in total. The van der Waals surface area contributed by atoms with Crippen LogP contribution in [0.25, 0.3) is 0 Å². The van der Waals surface area contributed by atoms with Crippen LogP contribution < -0.4 is 11.1 Å². The Labute approximate surface area is 114 Å². The molecule has 1 aromatic carbocycles. The first kappa shape index (κ1) is 13.6. The van der Waals surface area contributed by atoms with Gasteiger partial charge in [0.05, 0.1) is 0 Å². The summed E-state index contributed by atoms with van der Waals surface area (Å²) < 4.78 is 0. The molecule has 1 aromatic rings. The van der Waals surface area contributed by atoms with E-state index in [-0.39, 0.29) is 6.04 Å². The SMILES string of the molecule is CNc1ccc(C)c(CC(=N)C2=CCC(N)C=C2)c1. The van der Waals surface area contributed by atoms with E-state index in [1.54, 1.807) is 0 Å². The Hall–Kier alpha value is -1.87. The predicted molar refractivity (Wildman–Crippen MR) is 82.0 cm³/mol. The van der Waals surface area contributed by atoms with Gasteiger partial charge in [0.1, 0.15) is 0 Å². The van der Waals surface area contributed by atoms with Crippen LogP contribution in [0, 0.1) is 12.3 Å². The number of allylic oxidation sites excluding steroid dienone is 2. The number of aryl methyl sites for hydroxylation is 1. The summed E-state index contributed by atoms with van der Waals surface area (Å²) in [6, 6.07) is 6.37. The lowest BCUT2D eigenvalue weighted by Gasteiger charge is -2.14. The summed E-state index contributed by atoms with van der Waals surface area (Å²) in [5.74, 6) is 0. The number of anilines is 1. The van der Waals surface area contributed by atoms with Gasteiger partial charge in [-0.15, -0.1) is 0 Å². The van der Waals surface area contributed by atoms with Crippen LogP contribution in [-0.4, -0.2) is 18.8 Å². The summed E-state index contributed by atoms with van der Waals surface area (Å²) in [6.45, 7) is 2.09. The van der Waals surface area contributed by atoms with E-state index in [1.807, 2.05) is 19.2 Å². The van der Waals surface area contributed by atoms with E-state index in [0.717, 1.165) is 17.7 Å². The Kier molecular flexibility index (Phi) is 4.17. The second-order valence-corrected chi connectivity index (χ2v) is 4.96. The molecule has 1 aliphatic carbocycles. The fourth-order valence-corrected chi connectivity index (χ4v) is 2.17. The molecule has 1 unspecified atom stereocenters. The van der Waals surface area contributed by atoms with Crippen molar-refractivity contribution in [3.63, 3.8) is 0 Å². The van der Waals surface area contributed by atoms with Gasteiger partial charge in [-0.1, -0.05) is 24.3 Å². The quantitative estimate of drug-likeness (QED) is 0.724. The van der Waals surface area contributed by atoms with Crippen molar-refractivity contribution in [2.45, 2.75) is 25.8 Å². The van der Waals surface area contributed by atoms with E-state index in [9.17, 15) is 0 Å². The molecule has 19 heavy (non-hydrogen) atoms. The van der Waals surface area contributed by atoms with Crippen LogP contribution in [0.3, 0.4) is 0 Å². The van der Waals surface area contributed by atoms with Gasteiger partial charge in [0, 0.05) is 30.9 Å². The Morgan fingerprint density at radius 1 is 1.47 bits per heavy atom. The average Bonchev–Trinajstić information content (AvgIpc) is 2.42.